The number of nitrogens with one attached hydrogen (secondary N) is 2. The van der Waals surface area contributed by atoms with E-state index in [0.717, 1.165) is 5.82 Å². The van der Waals surface area contributed by atoms with Crippen LogP contribution in [0, 0.1) is 12.3 Å². The van der Waals surface area contributed by atoms with Gasteiger partial charge in [-0.15, -0.1) is 6.42 Å². The van der Waals surface area contributed by atoms with E-state index in [9.17, 15) is 4.79 Å². The van der Waals surface area contributed by atoms with Crippen molar-refractivity contribution in [1.29, 1.82) is 0 Å². The van der Waals surface area contributed by atoms with Crippen LogP contribution in [0.15, 0.2) is 27.9 Å². The molecule has 0 radical (unpaired) electrons. The molecule has 2 N–H and O–H groups in total. The van der Waals surface area contributed by atoms with Crippen LogP contribution in [-0.2, 0) is 13.1 Å². The second-order valence-electron chi connectivity index (χ2n) is 3.43. The van der Waals surface area contributed by atoms with E-state index in [1.165, 1.54) is 4.68 Å². The predicted octanol–water partition coefficient (Wildman–Crippen LogP) is 0.974. The zero-order chi connectivity index (χ0) is 13.0. The topological polar surface area (TPSA) is 75.6 Å². The fourth-order valence-corrected chi connectivity index (χ4v) is 1.81. The second-order valence-corrected chi connectivity index (χ2v) is 4.22. The van der Waals surface area contributed by atoms with Gasteiger partial charge in [-0.3, -0.25) is 4.79 Å². The van der Waals surface area contributed by atoms with Crippen molar-refractivity contribution in [3.63, 3.8) is 0 Å². The third kappa shape index (κ3) is 2.60. The van der Waals surface area contributed by atoms with Crippen LogP contribution in [0.25, 0.3) is 0 Å². The number of hydrogen-bond acceptors (Lipinski definition) is 4. The number of nitrogens with zero attached hydrogens (tertiary/aromatic N) is 3. The standard InChI is InChI=1S/C11H10BrN5O/c1-2-5-17-11(18)10(12)8(6-16-17)15-7-9-13-3-4-14-9/h1,3-4,6,15H,5,7H2,(H,13,14). The number of aromatic amines is 1. The summed E-state index contributed by atoms with van der Waals surface area (Å²) in [5, 5.41) is 7.02. The first-order valence-electron chi connectivity index (χ1n) is 5.13. The van der Waals surface area contributed by atoms with E-state index in [-0.39, 0.29) is 12.1 Å². The van der Waals surface area contributed by atoms with Gasteiger partial charge in [-0.2, -0.15) is 5.10 Å². The van der Waals surface area contributed by atoms with Crippen LogP contribution < -0.4 is 10.9 Å². The van der Waals surface area contributed by atoms with E-state index >= 15 is 0 Å². The molecule has 2 aromatic rings. The van der Waals surface area contributed by atoms with Gasteiger partial charge in [0.2, 0.25) is 0 Å². The summed E-state index contributed by atoms with van der Waals surface area (Å²) in [7, 11) is 0. The highest BCUT2D eigenvalue weighted by Gasteiger charge is 2.08. The van der Waals surface area contributed by atoms with Crippen molar-refractivity contribution in [2.24, 2.45) is 0 Å². The van der Waals surface area contributed by atoms with Gasteiger partial charge in [-0.25, -0.2) is 9.67 Å². The van der Waals surface area contributed by atoms with Crippen molar-refractivity contribution in [2.75, 3.05) is 5.32 Å². The maximum atomic E-state index is 11.8. The van der Waals surface area contributed by atoms with Gasteiger partial charge in [0.1, 0.15) is 16.8 Å². The fraction of sp³-hybridized carbons (Fsp3) is 0.182. The highest BCUT2D eigenvalue weighted by atomic mass is 79.9. The van der Waals surface area contributed by atoms with Gasteiger partial charge in [0.25, 0.3) is 5.56 Å². The summed E-state index contributed by atoms with van der Waals surface area (Å²) >= 11 is 3.23. The van der Waals surface area contributed by atoms with Crippen LogP contribution in [-0.4, -0.2) is 19.7 Å². The molecule has 92 valence electrons. The number of anilines is 1. The van der Waals surface area contributed by atoms with E-state index in [4.69, 9.17) is 6.42 Å². The lowest BCUT2D eigenvalue weighted by molar-refractivity contribution is 0.659. The molecule has 2 aromatic heterocycles. The normalized spacial score (nSPS) is 10.0. The maximum absolute atomic E-state index is 11.8. The third-order valence-corrected chi connectivity index (χ3v) is 2.99. The largest absolute Gasteiger partial charge is 0.375 e. The van der Waals surface area contributed by atoms with Crippen LogP contribution in [0.4, 0.5) is 5.69 Å². The lowest BCUT2D eigenvalue weighted by atomic mass is 10.4. The SMILES string of the molecule is C#CCn1ncc(NCc2ncc[nH]2)c(Br)c1=O. The number of H-pyrrole nitrogens is 1. The average molecular weight is 308 g/mol. The zero-order valence-electron chi connectivity index (χ0n) is 9.35. The van der Waals surface area contributed by atoms with Crippen LogP contribution in [0.1, 0.15) is 5.82 Å². The zero-order valence-corrected chi connectivity index (χ0v) is 10.9. The Hall–Kier alpha value is -2.07. The average Bonchev–Trinajstić information content (AvgIpc) is 2.87. The summed E-state index contributed by atoms with van der Waals surface area (Å²) in [6.07, 6.45) is 10.1. The Kier molecular flexibility index (Phi) is 3.79. The lowest BCUT2D eigenvalue weighted by Crippen LogP contribution is -2.24. The van der Waals surface area contributed by atoms with Crippen LogP contribution in [0.3, 0.4) is 0 Å². The minimum Gasteiger partial charge on any atom is -0.375 e. The number of aromatic nitrogens is 4. The number of hydrogen-bond donors (Lipinski definition) is 2. The monoisotopic (exact) mass is 307 g/mol. The Balaban J connectivity index is 2.17. The Labute approximate surface area is 112 Å². The third-order valence-electron chi connectivity index (χ3n) is 2.23. The van der Waals surface area contributed by atoms with E-state index in [1.807, 2.05) is 0 Å². The van der Waals surface area contributed by atoms with E-state index in [0.29, 0.717) is 16.7 Å². The van der Waals surface area contributed by atoms with Gasteiger partial charge in [-0.05, 0) is 15.9 Å². The molecule has 18 heavy (non-hydrogen) atoms. The molecule has 2 heterocycles. The Morgan fingerprint density at radius 3 is 3.11 bits per heavy atom. The summed E-state index contributed by atoms with van der Waals surface area (Å²) in [6.45, 7) is 0.627. The highest BCUT2D eigenvalue weighted by Crippen LogP contribution is 2.16. The van der Waals surface area contributed by atoms with Crippen molar-refractivity contribution in [1.82, 2.24) is 19.7 Å². The fourth-order valence-electron chi connectivity index (χ4n) is 1.36. The molecule has 0 fully saturated rings. The quantitative estimate of drug-likeness (QED) is 0.826. The molecular formula is C11H10BrN5O. The molecule has 0 aromatic carbocycles. The lowest BCUT2D eigenvalue weighted by Gasteiger charge is -2.07. The van der Waals surface area contributed by atoms with Crippen LogP contribution in [0.2, 0.25) is 0 Å². The molecule has 6 nitrogen and oxygen atoms in total. The van der Waals surface area contributed by atoms with Gasteiger partial charge < -0.3 is 10.3 Å². The van der Waals surface area contributed by atoms with E-state index < -0.39 is 0 Å². The predicted molar refractivity (Wildman–Crippen MR) is 70.9 cm³/mol. The molecule has 0 aliphatic heterocycles. The summed E-state index contributed by atoms with van der Waals surface area (Å²) in [5.41, 5.74) is 0.335. The Morgan fingerprint density at radius 2 is 2.44 bits per heavy atom. The Morgan fingerprint density at radius 1 is 1.61 bits per heavy atom. The van der Waals surface area contributed by atoms with E-state index in [2.05, 4.69) is 42.2 Å². The minimum atomic E-state index is -0.266. The molecule has 7 heteroatoms. The summed E-state index contributed by atoms with van der Waals surface area (Å²) in [6, 6.07) is 0. The van der Waals surface area contributed by atoms with Gasteiger partial charge in [0.15, 0.2) is 0 Å². The van der Waals surface area contributed by atoms with Crippen molar-refractivity contribution in [3.05, 3.63) is 39.2 Å². The molecule has 2 rings (SSSR count). The van der Waals surface area contributed by atoms with Gasteiger partial charge >= 0.3 is 0 Å². The molecule has 0 amide bonds. The number of rotatable bonds is 4. The molecule has 0 saturated carbocycles. The molecule has 0 aliphatic carbocycles. The Bertz CT molecular complexity index is 626. The molecule has 0 spiro atoms. The smallest absolute Gasteiger partial charge is 0.284 e. The number of terminal acetylenes is 1. The first-order valence-corrected chi connectivity index (χ1v) is 5.93. The summed E-state index contributed by atoms with van der Waals surface area (Å²) < 4.78 is 1.61. The second kappa shape index (κ2) is 5.51. The minimum absolute atomic E-state index is 0.149. The summed E-state index contributed by atoms with van der Waals surface area (Å²) in [5.74, 6) is 3.14. The molecule has 0 saturated heterocycles. The van der Waals surface area contributed by atoms with Gasteiger partial charge in [0.05, 0.1) is 18.4 Å². The van der Waals surface area contributed by atoms with Crippen LogP contribution in [0.5, 0.6) is 0 Å². The number of halogens is 1. The highest BCUT2D eigenvalue weighted by molar-refractivity contribution is 9.10. The van der Waals surface area contributed by atoms with Crippen molar-refractivity contribution < 1.29 is 0 Å². The van der Waals surface area contributed by atoms with Crippen molar-refractivity contribution in [2.45, 2.75) is 13.1 Å². The molecule has 0 atom stereocenters. The molecule has 0 unspecified atom stereocenters. The molecule has 0 bridgehead atoms. The van der Waals surface area contributed by atoms with Gasteiger partial charge in [0, 0.05) is 12.4 Å². The molecular weight excluding hydrogens is 298 g/mol. The van der Waals surface area contributed by atoms with E-state index in [1.54, 1.807) is 18.6 Å². The molecule has 0 aliphatic rings. The van der Waals surface area contributed by atoms with Gasteiger partial charge in [-0.1, -0.05) is 5.92 Å². The number of imidazole rings is 1. The first-order chi connectivity index (χ1) is 8.72. The maximum Gasteiger partial charge on any atom is 0.284 e. The van der Waals surface area contributed by atoms with Crippen molar-refractivity contribution in [3.8, 4) is 12.3 Å². The van der Waals surface area contributed by atoms with Crippen molar-refractivity contribution >= 4 is 21.6 Å². The van der Waals surface area contributed by atoms with Crippen LogP contribution >= 0.6 is 15.9 Å². The first kappa shape index (κ1) is 12.4. The summed E-state index contributed by atoms with van der Waals surface area (Å²) in [4.78, 5) is 18.9.